The largest absolute Gasteiger partial charge is 0.406 e. The maximum atomic E-state index is 13.3. The highest BCUT2D eigenvalue weighted by atomic mass is 19.4. The van der Waals surface area contributed by atoms with Gasteiger partial charge in [-0.3, -0.25) is 9.69 Å². The second-order valence-corrected chi connectivity index (χ2v) is 5.60. The van der Waals surface area contributed by atoms with E-state index in [1.165, 1.54) is 23.1 Å². The van der Waals surface area contributed by atoms with Crippen LogP contribution >= 0.6 is 0 Å². The lowest BCUT2D eigenvalue weighted by Crippen LogP contribution is -2.44. The molecule has 128 valence electrons. The Bertz CT molecular complexity index is 565. The third kappa shape index (κ3) is 4.20. The third-order valence-electron chi connectivity index (χ3n) is 4.03. The number of halogens is 4. The molecule has 23 heavy (non-hydrogen) atoms. The summed E-state index contributed by atoms with van der Waals surface area (Å²) in [5, 5.41) is 9.57. The van der Waals surface area contributed by atoms with Crippen molar-refractivity contribution in [2.24, 2.45) is 0 Å². The Hall–Kier alpha value is -1.67. The number of aliphatic hydroxyl groups excluding tert-OH is 1. The fourth-order valence-corrected chi connectivity index (χ4v) is 2.87. The van der Waals surface area contributed by atoms with Gasteiger partial charge in [0.2, 0.25) is 5.91 Å². The summed E-state index contributed by atoms with van der Waals surface area (Å²) < 4.78 is 50.7. The minimum atomic E-state index is -4.44. The molecule has 0 unspecified atom stereocenters. The summed E-state index contributed by atoms with van der Waals surface area (Å²) in [4.78, 5) is 14.4. The summed E-state index contributed by atoms with van der Waals surface area (Å²) in [5.74, 6) is -1.11. The van der Waals surface area contributed by atoms with Crippen molar-refractivity contribution < 1.29 is 27.5 Å². The molecule has 1 aliphatic heterocycles. The summed E-state index contributed by atoms with van der Waals surface area (Å²) in [7, 11) is 1.55. The minimum absolute atomic E-state index is 0.00858. The van der Waals surface area contributed by atoms with Gasteiger partial charge in [-0.25, -0.2) is 4.39 Å². The summed E-state index contributed by atoms with van der Waals surface area (Å²) in [6.07, 6.45) is -4.21. The van der Waals surface area contributed by atoms with Crippen LogP contribution in [-0.4, -0.2) is 59.8 Å². The Labute approximate surface area is 131 Å². The van der Waals surface area contributed by atoms with E-state index in [4.69, 9.17) is 0 Å². The number of hydrogen-bond acceptors (Lipinski definition) is 3. The molecule has 1 aromatic rings. The molecule has 1 fully saturated rings. The number of alkyl halides is 3. The standard InChI is InChI=1S/C15H18F4N2O2/c1-20(13(8-22)10-3-2-4-11(16)7-10)12-5-6-21(14(12)23)9-15(17,18)19/h2-4,7,12-13,22H,5-6,8-9H2,1H3/t12-,13-/m0/s1. The average Bonchev–Trinajstić information content (AvgIpc) is 2.79. The zero-order chi connectivity index (χ0) is 17.2. The molecule has 4 nitrogen and oxygen atoms in total. The van der Waals surface area contributed by atoms with Crippen LogP contribution in [-0.2, 0) is 4.79 Å². The van der Waals surface area contributed by atoms with Crippen LogP contribution in [0.5, 0.6) is 0 Å². The van der Waals surface area contributed by atoms with Crippen molar-refractivity contribution in [3.63, 3.8) is 0 Å². The lowest BCUT2D eigenvalue weighted by Gasteiger charge is -2.31. The molecular formula is C15H18F4N2O2. The fraction of sp³-hybridized carbons (Fsp3) is 0.533. The van der Waals surface area contributed by atoms with E-state index >= 15 is 0 Å². The highest BCUT2D eigenvalue weighted by molar-refractivity contribution is 5.84. The van der Waals surface area contributed by atoms with Crippen molar-refractivity contribution in [1.82, 2.24) is 9.80 Å². The monoisotopic (exact) mass is 334 g/mol. The Morgan fingerprint density at radius 3 is 2.70 bits per heavy atom. The van der Waals surface area contributed by atoms with Crippen LogP contribution in [0.2, 0.25) is 0 Å². The highest BCUT2D eigenvalue weighted by Crippen LogP contribution is 2.28. The van der Waals surface area contributed by atoms with Gasteiger partial charge in [-0.2, -0.15) is 13.2 Å². The molecular weight excluding hydrogens is 316 g/mol. The predicted octanol–water partition coefficient (Wildman–Crippen LogP) is 1.95. The molecule has 2 rings (SSSR count). The number of aliphatic hydroxyl groups is 1. The number of rotatable bonds is 5. The van der Waals surface area contributed by atoms with Gasteiger partial charge in [0.05, 0.1) is 18.7 Å². The van der Waals surface area contributed by atoms with E-state index in [2.05, 4.69) is 0 Å². The second kappa shape index (κ2) is 6.84. The third-order valence-corrected chi connectivity index (χ3v) is 4.03. The molecule has 1 N–H and O–H groups in total. The van der Waals surface area contributed by atoms with Crippen LogP contribution in [0.25, 0.3) is 0 Å². The van der Waals surface area contributed by atoms with E-state index in [0.717, 1.165) is 4.90 Å². The van der Waals surface area contributed by atoms with Crippen LogP contribution < -0.4 is 0 Å². The van der Waals surface area contributed by atoms with Crippen LogP contribution in [0.3, 0.4) is 0 Å². The van der Waals surface area contributed by atoms with Crippen molar-refractivity contribution in [2.75, 3.05) is 26.7 Å². The van der Waals surface area contributed by atoms with Crippen molar-refractivity contribution in [2.45, 2.75) is 24.7 Å². The molecule has 1 saturated heterocycles. The van der Waals surface area contributed by atoms with E-state index < -0.39 is 36.5 Å². The molecule has 8 heteroatoms. The van der Waals surface area contributed by atoms with E-state index in [-0.39, 0.29) is 19.6 Å². The molecule has 1 aliphatic rings. The molecule has 0 saturated carbocycles. The highest BCUT2D eigenvalue weighted by Gasteiger charge is 2.42. The smallest absolute Gasteiger partial charge is 0.394 e. The van der Waals surface area contributed by atoms with Gasteiger partial charge < -0.3 is 10.0 Å². The zero-order valence-electron chi connectivity index (χ0n) is 12.6. The molecule has 0 aromatic heterocycles. The van der Waals surface area contributed by atoms with E-state index in [0.29, 0.717) is 5.56 Å². The molecule has 0 spiro atoms. The van der Waals surface area contributed by atoms with E-state index in [1.807, 2.05) is 0 Å². The number of carbonyl (C=O) groups excluding carboxylic acids is 1. The summed E-state index contributed by atoms with van der Waals surface area (Å²) in [6.45, 7) is -1.64. The van der Waals surface area contributed by atoms with Gasteiger partial charge in [0, 0.05) is 6.54 Å². The van der Waals surface area contributed by atoms with Crippen LogP contribution in [0, 0.1) is 5.82 Å². The quantitative estimate of drug-likeness (QED) is 0.837. The molecule has 0 radical (unpaired) electrons. The Morgan fingerprint density at radius 1 is 1.43 bits per heavy atom. The van der Waals surface area contributed by atoms with Gasteiger partial charge in [0.25, 0.3) is 0 Å². The van der Waals surface area contributed by atoms with Crippen LogP contribution in [0.1, 0.15) is 18.0 Å². The van der Waals surface area contributed by atoms with Gasteiger partial charge in [-0.15, -0.1) is 0 Å². The Kier molecular flexibility index (Phi) is 5.26. The number of likely N-dealkylation sites (N-methyl/N-ethyl adjacent to an activating group) is 1. The summed E-state index contributed by atoms with van der Waals surface area (Å²) in [6, 6.07) is 4.15. The first-order valence-electron chi connectivity index (χ1n) is 7.16. The lowest BCUT2D eigenvalue weighted by atomic mass is 10.0. The number of carbonyl (C=O) groups is 1. The predicted molar refractivity (Wildman–Crippen MR) is 75.0 cm³/mol. The molecule has 1 heterocycles. The van der Waals surface area contributed by atoms with Crippen LogP contribution in [0.15, 0.2) is 24.3 Å². The first-order chi connectivity index (χ1) is 10.7. The summed E-state index contributed by atoms with van der Waals surface area (Å²) >= 11 is 0. The second-order valence-electron chi connectivity index (χ2n) is 5.60. The van der Waals surface area contributed by atoms with E-state index in [1.54, 1.807) is 13.1 Å². The van der Waals surface area contributed by atoms with Gasteiger partial charge >= 0.3 is 6.18 Å². The molecule has 1 aromatic carbocycles. The molecule has 1 amide bonds. The fourth-order valence-electron chi connectivity index (χ4n) is 2.87. The van der Waals surface area contributed by atoms with Crippen molar-refractivity contribution in [3.05, 3.63) is 35.6 Å². The van der Waals surface area contributed by atoms with Crippen molar-refractivity contribution in [3.8, 4) is 0 Å². The van der Waals surface area contributed by atoms with Gasteiger partial charge in [0.1, 0.15) is 12.4 Å². The van der Waals surface area contributed by atoms with Crippen LogP contribution in [0.4, 0.5) is 17.6 Å². The average molecular weight is 334 g/mol. The maximum Gasteiger partial charge on any atom is 0.406 e. The number of hydrogen-bond donors (Lipinski definition) is 1. The zero-order valence-corrected chi connectivity index (χ0v) is 12.6. The van der Waals surface area contributed by atoms with Gasteiger partial charge in [-0.05, 0) is 31.2 Å². The van der Waals surface area contributed by atoms with E-state index in [9.17, 15) is 27.5 Å². The molecule has 0 bridgehead atoms. The molecule has 2 atom stereocenters. The number of nitrogens with zero attached hydrogens (tertiary/aromatic N) is 2. The normalized spacial score (nSPS) is 20.4. The first-order valence-corrected chi connectivity index (χ1v) is 7.16. The minimum Gasteiger partial charge on any atom is -0.394 e. The van der Waals surface area contributed by atoms with Crippen molar-refractivity contribution >= 4 is 5.91 Å². The Morgan fingerprint density at radius 2 is 2.13 bits per heavy atom. The number of likely N-dealkylation sites (tertiary alicyclic amines) is 1. The van der Waals surface area contributed by atoms with Crippen molar-refractivity contribution in [1.29, 1.82) is 0 Å². The molecule has 0 aliphatic carbocycles. The van der Waals surface area contributed by atoms with Gasteiger partial charge in [-0.1, -0.05) is 12.1 Å². The number of benzene rings is 1. The Balaban J connectivity index is 2.13. The lowest BCUT2D eigenvalue weighted by molar-refractivity contribution is -0.159. The topological polar surface area (TPSA) is 43.8 Å². The maximum absolute atomic E-state index is 13.3. The summed E-state index contributed by atoms with van der Waals surface area (Å²) in [5.41, 5.74) is 0.470. The number of amides is 1. The first kappa shape index (κ1) is 17.7. The van der Waals surface area contributed by atoms with Gasteiger partial charge in [0.15, 0.2) is 0 Å². The SMILES string of the molecule is CN([C@H]1CCN(CC(F)(F)F)C1=O)[C@@H](CO)c1cccc(F)c1.